The molecule has 0 unspecified atom stereocenters. The van der Waals surface area contributed by atoms with Gasteiger partial charge in [-0.05, 0) is 17.7 Å². The van der Waals surface area contributed by atoms with Crippen LogP contribution in [0, 0.1) is 12.3 Å². The smallest absolute Gasteiger partial charge is 0.274 e. The van der Waals surface area contributed by atoms with Crippen LogP contribution in [0.1, 0.15) is 15.9 Å². The number of hydrogen-bond acceptors (Lipinski definition) is 2. The van der Waals surface area contributed by atoms with Gasteiger partial charge in [-0.15, -0.1) is 12.3 Å². The number of terminal acetylenes is 1. The van der Waals surface area contributed by atoms with Gasteiger partial charge in [-0.2, -0.15) is 0 Å². The van der Waals surface area contributed by atoms with E-state index in [-0.39, 0.29) is 0 Å². The van der Waals surface area contributed by atoms with E-state index < -0.39 is 5.91 Å². The quantitative estimate of drug-likeness (QED) is 0.400. The standard InChI is InChI=1S/C10H9NO2/c1-2-4-8-5-3-6-9(7-8)10(12)11-13/h1,3,5-7,13H,4H2,(H,11,12). The highest BCUT2D eigenvalue weighted by molar-refractivity contribution is 5.93. The molecule has 3 heteroatoms. The van der Waals surface area contributed by atoms with Gasteiger partial charge < -0.3 is 0 Å². The van der Waals surface area contributed by atoms with Crippen LogP contribution in [0.25, 0.3) is 0 Å². The summed E-state index contributed by atoms with van der Waals surface area (Å²) >= 11 is 0. The summed E-state index contributed by atoms with van der Waals surface area (Å²) in [5.74, 6) is 1.95. The van der Waals surface area contributed by atoms with Gasteiger partial charge in [-0.3, -0.25) is 10.0 Å². The molecule has 0 aliphatic heterocycles. The lowest BCUT2D eigenvalue weighted by molar-refractivity contribution is 0.0706. The van der Waals surface area contributed by atoms with E-state index in [1.165, 1.54) is 0 Å². The molecule has 0 aliphatic rings. The monoisotopic (exact) mass is 175 g/mol. The van der Waals surface area contributed by atoms with Gasteiger partial charge in [0, 0.05) is 12.0 Å². The highest BCUT2D eigenvalue weighted by atomic mass is 16.5. The first-order valence-corrected chi connectivity index (χ1v) is 3.74. The summed E-state index contributed by atoms with van der Waals surface area (Å²) in [6, 6.07) is 6.79. The zero-order valence-corrected chi connectivity index (χ0v) is 6.95. The molecule has 1 rings (SSSR count). The van der Waals surface area contributed by atoms with Gasteiger partial charge in [-0.1, -0.05) is 12.1 Å². The molecule has 3 nitrogen and oxygen atoms in total. The molecule has 0 fully saturated rings. The SMILES string of the molecule is C#CCc1cccc(C(=O)NO)c1. The van der Waals surface area contributed by atoms with E-state index in [9.17, 15) is 4.79 Å². The Morgan fingerprint density at radius 1 is 1.62 bits per heavy atom. The van der Waals surface area contributed by atoms with Crippen molar-refractivity contribution in [1.29, 1.82) is 0 Å². The van der Waals surface area contributed by atoms with Gasteiger partial charge in [-0.25, -0.2) is 5.48 Å². The van der Waals surface area contributed by atoms with Crippen molar-refractivity contribution in [2.24, 2.45) is 0 Å². The van der Waals surface area contributed by atoms with Crippen LogP contribution < -0.4 is 5.48 Å². The summed E-state index contributed by atoms with van der Waals surface area (Å²) in [5, 5.41) is 8.37. The van der Waals surface area contributed by atoms with Crippen LogP contribution in [-0.4, -0.2) is 11.1 Å². The molecule has 66 valence electrons. The first kappa shape index (κ1) is 9.30. The molecule has 0 heterocycles. The van der Waals surface area contributed by atoms with Gasteiger partial charge in [0.1, 0.15) is 0 Å². The lowest BCUT2D eigenvalue weighted by atomic mass is 10.1. The Hall–Kier alpha value is -1.79. The number of benzene rings is 1. The molecule has 1 aromatic rings. The van der Waals surface area contributed by atoms with Crippen molar-refractivity contribution in [3.63, 3.8) is 0 Å². The average Bonchev–Trinajstić information content (AvgIpc) is 2.18. The Kier molecular flexibility index (Phi) is 3.07. The van der Waals surface area contributed by atoms with Crippen molar-refractivity contribution in [2.45, 2.75) is 6.42 Å². The number of carbonyl (C=O) groups is 1. The molecule has 0 bridgehead atoms. The largest absolute Gasteiger partial charge is 0.288 e. The number of hydroxylamine groups is 1. The van der Waals surface area contributed by atoms with Crippen LogP contribution in [0.4, 0.5) is 0 Å². The summed E-state index contributed by atoms with van der Waals surface area (Å²) in [4.78, 5) is 11.0. The molecular weight excluding hydrogens is 166 g/mol. The number of amides is 1. The highest BCUT2D eigenvalue weighted by Gasteiger charge is 2.03. The summed E-state index contributed by atoms with van der Waals surface area (Å²) in [5.41, 5.74) is 2.84. The molecule has 1 aromatic carbocycles. The summed E-state index contributed by atoms with van der Waals surface area (Å²) < 4.78 is 0. The van der Waals surface area contributed by atoms with Crippen molar-refractivity contribution >= 4 is 5.91 Å². The van der Waals surface area contributed by atoms with Gasteiger partial charge in [0.05, 0.1) is 0 Å². The predicted molar refractivity (Wildman–Crippen MR) is 48.2 cm³/mol. The minimum atomic E-state index is -0.529. The lowest BCUT2D eigenvalue weighted by Crippen LogP contribution is -2.18. The zero-order valence-electron chi connectivity index (χ0n) is 6.95. The number of hydrogen-bond donors (Lipinski definition) is 2. The van der Waals surface area contributed by atoms with Gasteiger partial charge in [0.2, 0.25) is 0 Å². The van der Waals surface area contributed by atoms with Gasteiger partial charge in [0.25, 0.3) is 5.91 Å². The fourth-order valence-corrected chi connectivity index (χ4v) is 1.00. The lowest BCUT2D eigenvalue weighted by Gasteiger charge is -2.00. The Bertz CT molecular complexity index is 352. The number of nitrogens with one attached hydrogen (secondary N) is 1. The minimum absolute atomic E-state index is 0.398. The maximum Gasteiger partial charge on any atom is 0.274 e. The van der Waals surface area contributed by atoms with Crippen LogP contribution in [-0.2, 0) is 6.42 Å². The fraction of sp³-hybridized carbons (Fsp3) is 0.100. The second-order valence-corrected chi connectivity index (χ2v) is 2.52. The predicted octanol–water partition coefficient (Wildman–Crippen LogP) is 0.981. The topological polar surface area (TPSA) is 49.3 Å². The molecular formula is C10H9NO2. The Morgan fingerprint density at radius 3 is 3.00 bits per heavy atom. The molecule has 1 amide bonds. The molecule has 0 aromatic heterocycles. The third-order valence-corrected chi connectivity index (χ3v) is 1.60. The maximum absolute atomic E-state index is 11.0. The maximum atomic E-state index is 11.0. The Balaban J connectivity index is 2.93. The van der Waals surface area contributed by atoms with E-state index in [1.807, 2.05) is 6.07 Å². The van der Waals surface area contributed by atoms with E-state index >= 15 is 0 Å². The normalized spacial score (nSPS) is 8.92. The molecule has 0 atom stereocenters. The molecule has 2 N–H and O–H groups in total. The zero-order chi connectivity index (χ0) is 9.68. The average molecular weight is 175 g/mol. The summed E-state index contributed by atoms with van der Waals surface area (Å²) in [6.45, 7) is 0. The van der Waals surface area contributed by atoms with Gasteiger partial charge >= 0.3 is 0 Å². The van der Waals surface area contributed by atoms with Crippen molar-refractivity contribution < 1.29 is 10.0 Å². The van der Waals surface area contributed by atoms with E-state index in [0.29, 0.717) is 12.0 Å². The molecule has 0 aliphatic carbocycles. The van der Waals surface area contributed by atoms with Gasteiger partial charge in [0.15, 0.2) is 0 Å². The Morgan fingerprint density at radius 2 is 2.38 bits per heavy atom. The van der Waals surface area contributed by atoms with Crippen LogP contribution in [0.2, 0.25) is 0 Å². The van der Waals surface area contributed by atoms with E-state index in [0.717, 1.165) is 5.56 Å². The summed E-state index contributed by atoms with van der Waals surface area (Å²) in [6.07, 6.45) is 5.60. The van der Waals surface area contributed by atoms with Crippen molar-refractivity contribution in [3.8, 4) is 12.3 Å². The second kappa shape index (κ2) is 4.29. The van der Waals surface area contributed by atoms with E-state index in [4.69, 9.17) is 11.6 Å². The van der Waals surface area contributed by atoms with Crippen LogP contribution in [0.5, 0.6) is 0 Å². The number of rotatable bonds is 2. The fourth-order valence-electron chi connectivity index (χ4n) is 1.00. The second-order valence-electron chi connectivity index (χ2n) is 2.52. The Labute approximate surface area is 76.4 Å². The molecule has 0 saturated heterocycles. The van der Waals surface area contributed by atoms with Crippen molar-refractivity contribution in [3.05, 3.63) is 35.4 Å². The summed E-state index contributed by atoms with van der Waals surface area (Å²) in [7, 11) is 0. The number of carbonyl (C=O) groups excluding carboxylic acids is 1. The first-order valence-electron chi connectivity index (χ1n) is 3.74. The van der Waals surface area contributed by atoms with Crippen LogP contribution in [0.3, 0.4) is 0 Å². The molecule has 0 saturated carbocycles. The van der Waals surface area contributed by atoms with Crippen molar-refractivity contribution in [1.82, 2.24) is 5.48 Å². The van der Waals surface area contributed by atoms with E-state index in [2.05, 4.69) is 5.92 Å². The van der Waals surface area contributed by atoms with Crippen LogP contribution in [0.15, 0.2) is 24.3 Å². The molecule has 0 spiro atoms. The molecule has 0 radical (unpaired) electrons. The highest BCUT2D eigenvalue weighted by Crippen LogP contribution is 2.05. The third kappa shape index (κ3) is 2.32. The molecule has 13 heavy (non-hydrogen) atoms. The minimum Gasteiger partial charge on any atom is -0.288 e. The van der Waals surface area contributed by atoms with Crippen LogP contribution >= 0.6 is 0 Å². The van der Waals surface area contributed by atoms with E-state index in [1.54, 1.807) is 23.7 Å². The first-order chi connectivity index (χ1) is 6.27. The third-order valence-electron chi connectivity index (χ3n) is 1.60. The van der Waals surface area contributed by atoms with Crippen molar-refractivity contribution in [2.75, 3.05) is 0 Å².